The molecule has 1 aromatic carbocycles. The van der Waals surface area contributed by atoms with E-state index in [9.17, 15) is 4.79 Å². The molecule has 1 amide bonds. The highest BCUT2D eigenvalue weighted by atomic mass is 16.1. The van der Waals surface area contributed by atoms with Crippen molar-refractivity contribution in [2.24, 2.45) is 0 Å². The quantitative estimate of drug-likeness (QED) is 0.897. The summed E-state index contributed by atoms with van der Waals surface area (Å²) in [6.07, 6.45) is 0.917. The molecule has 0 aliphatic carbocycles. The van der Waals surface area contributed by atoms with E-state index in [4.69, 9.17) is 0 Å². The minimum Gasteiger partial charge on any atom is -0.350 e. The highest BCUT2D eigenvalue weighted by Gasteiger charge is 2.11. The van der Waals surface area contributed by atoms with Crippen LogP contribution >= 0.6 is 0 Å². The fourth-order valence-electron chi connectivity index (χ4n) is 1.76. The van der Waals surface area contributed by atoms with E-state index in [0.29, 0.717) is 5.56 Å². The van der Waals surface area contributed by atoms with Gasteiger partial charge in [0.1, 0.15) is 5.52 Å². The van der Waals surface area contributed by atoms with Gasteiger partial charge >= 0.3 is 0 Å². The van der Waals surface area contributed by atoms with Gasteiger partial charge in [0.2, 0.25) is 0 Å². The number of nitrogens with zero attached hydrogens (tertiary/aromatic N) is 3. The van der Waals surface area contributed by atoms with Crippen LogP contribution in [0, 0.1) is 0 Å². The molecule has 1 atom stereocenters. The Morgan fingerprint density at radius 2 is 2.22 bits per heavy atom. The Morgan fingerprint density at radius 3 is 2.89 bits per heavy atom. The standard InChI is InChI=1S/C13H18N4O/c1-4-9(3)14-13(18)10-6-7-12-11(8-10)15-16-17(12)5-2/h6-9H,4-5H2,1-3H3,(H,14,18). The molecule has 2 aromatic rings. The van der Waals surface area contributed by atoms with Crippen molar-refractivity contribution in [3.63, 3.8) is 0 Å². The summed E-state index contributed by atoms with van der Waals surface area (Å²) in [5.74, 6) is -0.0581. The van der Waals surface area contributed by atoms with E-state index in [0.717, 1.165) is 24.0 Å². The Bertz CT molecular complexity index is 561. The summed E-state index contributed by atoms with van der Waals surface area (Å²) < 4.78 is 1.81. The summed E-state index contributed by atoms with van der Waals surface area (Å²) in [5, 5.41) is 11.0. The monoisotopic (exact) mass is 246 g/mol. The number of amides is 1. The molecule has 5 nitrogen and oxygen atoms in total. The molecule has 18 heavy (non-hydrogen) atoms. The van der Waals surface area contributed by atoms with Gasteiger partial charge in [0.05, 0.1) is 5.52 Å². The van der Waals surface area contributed by atoms with Crippen molar-refractivity contribution < 1.29 is 4.79 Å². The number of aryl methyl sites for hydroxylation is 1. The maximum absolute atomic E-state index is 12.0. The van der Waals surface area contributed by atoms with Crippen LogP contribution in [-0.4, -0.2) is 26.9 Å². The number of hydrogen-bond acceptors (Lipinski definition) is 3. The van der Waals surface area contributed by atoms with Gasteiger partial charge in [-0.3, -0.25) is 4.79 Å². The molecule has 0 saturated heterocycles. The Balaban J connectivity index is 2.27. The molecule has 0 aliphatic rings. The van der Waals surface area contributed by atoms with Gasteiger partial charge in [-0.1, -0.05) is 12.1 Å². The zero-order valence-electron chi connectivity index (χ0n) is 11.0. The lowest BCUT2D eigenvalue weighted by atomic mass is 10.1. The first-order valence-electron chi connectivity index (χ1n) is 6.29. The van der Waals surface area contributed by atoms with Gasteiger partial charge in [-0.05, 0) is 38.5 Å². The van der Waals surface area contributed by atoms with E-state index < -0.39 is 0 Å². The summed E-state index contributed by atoms with van der Waals surface area (Å²) >= 11 is 0. The third-order valence-electron chi connectivity index (χ3n) is 3.07. The first-order chi connectivity index (χ1) is 8.65. The molecule has 0 bridgehead atoms. The Hall–Kier alpha value is -1.91. The molecule has 0 aliphatic heterocycles. The first-order valence-corrected chi connectivity index (χ1v) is 6.29. The van der Waals surface area contributed by atoms with Crippen LogP contribution in [0.15, 0.2) is 18.2 Å². The molecule has 0 fully saturated rings. The predicted octanol–water partition coefficient (Wildman–Crippen LogP) is 1.98. The number of benzene rings is 1. The third kappa shape index (κ3) is 2.34. The molecule has 0 radical (unpaired) electrons. The van der Waals surface area contributed by atoms with Crippen LogP contribution in [0.1, 0.15) is 37.6 Å². The fraction of sp³-hybridized carbons (Fsp3) is 0.462. The van der Waals surface area contributed by atoms with E-state index >= 15 is 0 Å². The van der Waals surface area contributed by atoms with Crippen molar-refractivity contribution in [2.45, 2.75) is 39.8 Å². The predicted molar refractivity (Wildman–Crippen MR) is 70.4 cm³/mol. The summed E-state index contributed by atoms with van der Waals surface area (Å²) in [7, 11) is 0. The lowest BCUT2D eigenvalue weighted by Crippen LogP contribution is -2.31. The lowest BCUT2D eigenvalue weighted by molar-refractivity contribution is 0.0939. The van der Waals surface area contributed by atoms with E-state index in [2.05, 4.69) is 15.6 Å². The van der Waals surface area contributed by atoms with E-state index in [1.807, 2.05) is 37.6 Å². The zero-order chi connectivity index (χ0) is 13.1. The number of rotatable bonds is 4. The number of carbonyl (C=O) groups is 1. The molecule has 0 saturated carbocycles. The Kier molecular flexibility index (Phi) is 3.60. The van der Waals surface area contributed by atoms with Crippen LogP contribution in [-0.2, 0) is 6.54 Å². The van der Waals surface area contributed by atoms with Gasteiger partial charge in [0.15, 0.2) is 0 Å². The highest BCUT2D eigenvalue weighted by Crippen LogP contribution is 2.13. The molecule has 0 spiro atoms. The number of hydrogen-bond donors (Lipinski definition) is 1. The second-order valence-electron chi connectivity index (χ2n) is 4.39. The largest absolute Gasteiger partial charge is 0.350 e. The SMILES string of the molecule is CCC(C)NC(=O)c1ccc2c(c1)nnn2CC. The highest BCUT2D eigenvalue weighted by molar-refractivity contribution is 5.97. The molecule has 1 heterocycles. The van der Waals surface area contributed by atoms with Crippen molar-refractivity contribution in [3.05, 3.63) is 23.8 Å². The van der Waals surface area contributed by atoms with E-state index in [-0.39, 0.29) is 11.9 Å². The van der Waals surface area contributed by atoms with Crippen molar-refractivity contribution in [2.75, 3.05) is 0 Å². The number of carbonyl (C=O) groups excluding carboxylic acids is 1. The maximum Gasteiger partial charge on any atom is 0.251 e. The lowest BCUT2D eigenvalue weighted by Gasteiger charge is -2.11. The van der Waals surface area contributed by atoms with Gasteiger partial charge in [-0.25, -0.2) is 4.68 Å². The molecular formula is C13H18N4O. The second kappa shape index (κ2) is 5.16. The summed E-state index contributed by atoms with van der Waals surface area (Å²) in [4.78, 5) is 12.0. The van der Waals surface area contributed by atoms with Gasteiger partial charge in [-0.15, -0.1) is 5.10 Å². The first kappa shape index (κ1) is 12.5. The molecule has 1 N–H and O–H groups in total. The molecule has 96 valence electrons. The van der Waals surface area contributed by atoms with Crippen LogP contribution in [0.2, 0.25) is 0 Å². The van der Waals surface area contributed by atoms with Gasteiger partial charge in [0.25, 0.3) is 5.91 Å². The fourth-order valence-corrected chi connectivity index (χ4v) is 1.76. The summed E-state index contributed by atoms with van der Waals surface area (Å²) in [6.45, 7) is 6.82. The Morgan fingerprint density at radius 1 is 1.44 bits per heavy atom. The molecule has 5 heteroatoms. The molecule has 1 aromatic heterocycles. The van der Waals surface area contributed by atoms with Crippen LogP contribution in [0.3, 0.4) is 0 Å². The van der Waals surface area contributed by atoms with Crippen LogP contribution in [0.25, 0.3) is 11.0 Å². The van der Waals surface area contributed by atoms with Crippen molar-refractivity contribution in [1.29, 1.82) is 0 Å². The molecular weight excluding hydrogens is 228 g/mol. The number of aromatic nitrogens is 3. The van der Waals surface area contributed by atoms with Crippen LogP contribution < -0.4 is 5.32 Å². The average molecular weight is 246 g/mol. The van der Waals surface area contributed by atoms with Crippen LogP contribution in [0.4, 0.5) is 0 Å². The Labute approximate surface area is 106 Å². The van der Waals surface area contributed by atoms with E-state index in [1.165, 1.54) is 0 Å². The topological polar surface area (TPSA) is 59.8 Å². The van der Waals surface area contributed by atoms with Gasteiger partial charge < -0.3 is 5.32 Å². The van der Waals surface area contributed by atoms with E-state index in [1.54, 1.807) is 6.07 Å². The minimum atomic E-state index is -0.0581. The summed E-state index contributed by atoms with van der Waals surface area (Å²) in [5.41, 5.74) is 2.34. The number of fused-ring (bicyclic) bond motifs is 1. The maximum atomic E-state index is 12.0. The van der Waals surface area contributed by atoms with Crippen LogP contribution in [0.5, 0.6) is 0 Å². The number of nitrogens with one attached hydrogen (secondary N) is 1. The van der Waals surface area contributed by atoms with Crippen molar-refractivity contribution in [3.8, 4) is 0 Å². The zero-order valence-corrected chi connectivity index (χ0v) is 11.0. The third-order valence-corrected chi connectivity index (χ3v) is 3.07. The smallest absolute Gasteiger partial charge is 0.251 e. The second-order valence-corrected chi connectivity index (χ2v) is 4.39. The molecule has 2 rings (SSSR count). The average Bonchev–Trinajstić information content (AvgIpc) is 2.80. The normalized spacial score (nSPS) is 12.6. The van der Waals surface area contributed by atoms with Gasteiger partial charge in [-0.2, -0.15) is 0 Å². The van der Waals surface area contributed by atoms with Crippen molar-refractivity contribution in [1.82, 2.24) is 20.3 Å². The minimum absolute atomic E-state index is 0.0581. The molecule has 1 unspecified atom stereocenters. The summed E-state index contributed by atoms with van der Waals surface area (Å²) in [6, 6.07) is 5.67. The van der Waals surface area contributed by atoms with Gasteiger partial charge in [0, 0.05) is 18.2 Å². The van der Waals surface area contributed by atoms with Crippen molar-refractivity contribution >= 4 is 16.9 Å².